The minimum absolute atomic E-state index is 0.284. The van der Waals surface area contributed by atoms with E-state index in [0.29, 0.717) is 0 Å². The minimum Gasteiger partial charge on any atom is -0.367 e. The number of nitrogens with two attached hydrogens (primary N) is 1. The highest BCUT2D eigenvalue weighted by atomic mass is 19.4. The minimum atomic E-state index is -3.96. The molecule has 0 saturated heterocycles. The number of anilines is 1. The Morgan fingerprint density at radius 1 is 1.18 bits per heavy atom. The summed E-state index contributed by atoms with van der Waals surface area (Å²) >= 11 is 0. The number of fused-ring (bicyclic) bond motifs is 1. The van der Waals surface area contributed by atoms with Crippen LogP contribution in [0, 0.1) is 13.8 Å². The molecule has 0 aliphatic rings. The summed E-state index contributed by atoms with van der Waals surface area (Å²) in [6.07, 6.45) is -2.78. The SMILES string of the molecule is CC(C)=Nc1ccc(-c2ccn3nc(N)nc(C)c23)cc1C.CCC(F)(F)F. The van der Waals surface area contributed by atoms with Crippen LogP contribution in [-0.4, -0.2) is 26.5 Å². The smallest absolute Gasteiger partial charge is 0.367 e. The van der Waals surface area contributed by atoms with Gasteiger partial charge in [-0.2, -0.15) is 13.2 Å². The van der Waals surface area contributed by atoms with Crippen LogP contribution >= 0.6 is 0 Å². The maximum absolute atomic E-state index is 10.8. The predicted octanol–water partition coefficient (Wildman–Crippen LogP) is 5.67. The van der Waals surface area contributed by atoms with Crippen molar-refractivity contribution in [1.29, 1.82) is 0 Å². The third kappa shape index (κ3) is 5.31. The van der Waals surface area contributed by atoms with E-state index < -0.39 is 12.6 Å². The molecule has 0 aliphatic heterocycles. The highest BCUT2D eigenvalue weighted by Gasteiger charge is 2.22. The monoisotopic (exact) mass is 391 g/mol. The largest absolute Gasteiger partial charge is 0.388 e. The zero-order valence-corrected chi connectivity index (χ0v) is 16.6. The van der Waals surface area contributed by atoms with Crippen molar-refractivity contribution in [3.8, 4) is 11.1 Å². The van der Waals surface area contributed by atoms with Gasteiger partial charge in [-0.3, -0.25) is 4.99 Å². The number of aryl methyl sites for hydroxylation is 2. The fourth-order valence-corrected chi connectivity index (χ4v) is 2.65. The van der Waals surface area contributed by atoms with Crippen molar-refractivity contribution in [2.24, 2.45) is 4.99 Å². The Morgan fingerprint density at radius 3 is 2.36 bits per heavy atom. The number of halogens is 3. The average molecular weight is 391 g/mol. The Hall–Kier alpha value is -2.90. The molecule has 0 atom stereocenters. The van der Waals surface area contributed by atoms with Crippen molar-refractivity contribution in [3.05, 3.63) is 41.7 Å². The summed E-state index contributed by atoms with van der Waals surface area (Å²) in [6.45, 7) is 9.10. The predicted molar refractivity (Wildman–Crippen MR) is 107 cm³/mol. The molecule has 2 N–H and O–H groups in total. The molecule has 0 radical (unpaired) electrons. The van der Waals surface area contributed by atoms with Crippen LogP contribution in [0.2, 0.25) is 0 Å². The Balaban J connectivity index is 0.000000409. The van der Waals surface area contributed by atoms with E-state index in [1.807, 2.05) is 33.0 Å². The molecular weight excluding hydrogens is 367 g/mol. The third-order valence-corrected chi connectivity index (χ3v) is 3.95. The summed E-state index contributed by atoms with van der Waals surface area (Å²) in [5, 5.41) is 4.22. The zero-order chi connectivity index (χ0) is 21.1. The van der Waals surface area contributed by atoms with Gasteiger partial charge >= 0.3 is 6.18 Å². The first-order chi connectivity index (χ1) is 13.0. The van der Waals surface area contributed by atoms with Crippen molar-refractivity contribution in [2.75, 3.05) is 5.73 Å². The number of benzene rings is 1. The number of hydrogen-bond donors (Lipinski definition) is 1. The van der Waals surface area contributed by atoms with Gasteiger partial charge in [0.15, 0.2) is 0 Å². The maximum Gasteiger partial charge on any atom is 0.388 e. The van der Waals surface area contributed by atoms with Gasteiger partial charge in [-0.25, -0.2) is 9.50 Å². The van der Waals surface area contributed by atoms with Crippen LogP contribution in [0.15, 0.2) is 35.5 Å². The number of aliphatic imine (C=N–C) groups is 1. The van der Waals surface area contributed by atoms with Crippen LogP contribution in [0.4, 0.5) is 24.8 Å². The lowest BCUT2D eigenvalue weighted by molar-refractivity contribution is -0.130. The Bertz CT molecular complexity index is 999. The second-order valence-electron chi connectivity index (χ2n) is 6.61. The molecule has 5 nitrogen and oxygen atoms in total. The van der Waals surface area contributed by atoms with Gasteiger partial charge in [0.1, 0.15) is 0 Å². The molecule has 3 rings (SSSR count). The van der Waals surface area contributed by atoms with E-state index in [1.54, 1.807) is 4.52 Å². The standard InChI is InChI=1S/C17H19N5.C3H5F3/c1-10(2)19-15-6-5-13(9-11(15)3)14-7-8-22-16(14)12(4)20-17(18)21-22;1-2-3(4,5)6/h5-9H,1-4H3,(H2,18,21);2H2,1H3. The van der Waals surface area contributed by atoms with E-state index >= 15 is 0 Å². The lowest BCUT2D eigenvalue weighted by Crippen LogP contribution is -2.03. The summed E-state index contributed by atoms with van der Waals surface area (Å²) < 4.78 is 34.1. The Kier molecular flexibility index (Phi) is 6.43. The fraction of sp³-hybridized carbons (Fsp3) is 0.350. The molecule has 0 aliphatic carbocycles. The second kappa shape index (κ2) is 8.41. The summed E-state index contributed by atoms with van der Waals surface area (Å²) in [5.41, 5.74) is 13.0. The quantitative estimate of drug-likeness (QED) is 0.573. The normalized spacial score (nSPS) is 11.1. The molecule has 150 valence electrons. The molecule has 0 bridgehead atoms. The summed E-state index contributed by atoms with van der Waals surface area (Å²) in [6, 6.07) is 8.32. The molecular formula is C20H24F3N5. The van der Waals surface area contributed by atoms with Crippen LogP contribution < -0.4 is 5.73 Å². The topological polar surface area (TPSA) is 68.6 Å². The molecule has 0 saturated carbocycles. The Morgan fingerprint density at radius 2 is 1.82 bits per heavy atom. The van der Waals surface area contributed by atoms with E-state index in [0.717, 1.165) is 46.2 Å². The summed E-state index contributed by atoms with van der Waals surface area (Å²) in [4.78, 5) is 8.81. The van der Waals surface area contributed by atoms with Crippen molar-refractivity contribution in [2.45, 2.75) is 47.2 Å². The van der Waals surface area contributed by atoms with E-state index in [9.17, 15) is 13.2 Å². The summed E-state index contributed by atoms with van der Waals surface area (Å²) in [5.74, 6) is 0.284. The number of alkyl halides is 3. The van der Waals surface area contributed by atoms with Crippen molar-refractivity contribution >= 4 is 22.9 Å². The Labute approximate surface area is 162 Å². The van der Waals surface area contributed by atoms with Crippen LogP contribution in [0.3, 0.4) is 0 Å². The van der Waals surface area contributed by atoms with E-state index in [-0.39, 0.29) is 5.95 Å². The third-order valence-electron chi connectivity index (χ3n) is 3.95. The van der Waals surface area contributed by atoms with Gasteiger partial charge in [0.05, 0.1) is 16.9 Å². The molecule has 0 spiro atoms. The molecule has 0 amide bonds. The average Bonchev–Trinajstić information content (AvgIpc) is 3.00. The number of aromatic nitrogens is 3. The van der Waals surface area contributed by atoms with Crippen LogP contribution in [-0.2, 0) is 0 Å². The molecule has 28 heavy (non-hydrogen) atoms. The second-order valence-corrected chi connectivity index (χ2v) is 6.61. The van der Waals surface area contributed by atoms with E-state index in [4.69, 9.17) is 5.73 Å². The van der Waals surface area contributed by atoms with E-state index in [1.165, 1.54) is 0 Å². The first kappa shape index (κ1) is 21.4. The molecule has 8 heteroatoms. The van der Waals surface area contributed by atoms with E-state index in [2.05, 4.69) is 40.2 Å². The molecule has 0 unspecified atom stereocenters. The van der Waals surface area contributed by atoms with Crippen LogP contribution in [0.25, 0.3) is 16.6 Å². The zero-order valence-electron chi connectivity index (χ0n) is 16.6. The lowest BCUT2D eigenvalue weighted by atomic mass is 10.0. The highest BCUT2D eigenvalue weighted by molar-refractivity contribution is 5.85. The fourth-order valence-electron chi connectivity index (χ4n) is 2.65. The van der Waals surface area contributed by atoms with Crippen LogP contribution in [0.5, 0.6) is 0 Å². The first-order valence-electron chi connectivity index (χ1n) is 8.83. The van der Waals surface area contributed by atoms with Gasteiger partial charge in [0, 0.05) is 23.9 Å². The van der Waals surface area contributed by atoms with Gasteiger partial charge in [-0.1, -0.05) is 13.0 Å². The van der Waals surface area contributed by atoms with Gasteiger partial charge < -0.3 is 5.73 Å². The number of nitrogen functional groups attached to an aromatic ring is 1. The van der Waals surface area contributed by atoms with Crippen molar-refractivity contribution < 1.29 is 13.2 Å². The lowest BCUT2D eigenvalue weighted by Gasteiger charge is -2.07. The number of rotatable bonds is 2. The molecule has 2 heterocycles. The molecule has 3 aromatic rings. The van der Waals surface area contributed by atoms with Crippen molar-refractivity contribution in [3.63, 3.8) is 0 Å². The molecule has 0 fully saturated rings. The van der Waals surface area contributed by atoms with Crippen LogP contribution in [0.1, 0.15) is 38.4 Å². The maximum atomic E-state index is 10.8. The molecule has 1 aromatic carbocycles. The van der Waals surface area contributed by atoms with Gasteiger partial charge in [0.25, 0.3) is 0 Å². The van der Waals surface area contributed by atoms with Gasteiger partial charge in [-0.05, 0) is 57.0 Å². The number of hydrogen-bond acceptors (Lipinski definition) is 4. The highest BCUT2D eigenvalue weighted by Crippen LogP contribution is 2.31. The number of nitrogens with zero attached hydrogens (tertiary/aromatic N) is 4. The summed E-state index contributed by atoms with van der Waals surface area (Å²) in [7, 11) is 0. The van der Waals surface area contributed by atoms with Crippen molar-refractivity contribution in [1.82, 2.24) is 14.6 Å². The molecule has 2 aromatic heterocycles. The van der Waals surface area contributed by atoms with Gasteiger partial charge in [0.2, 0.25) is 5.95 Å². The first-order valence-corrected chi connectivity index (χ1v) is 8.83. The van der Waals surface area contributed by atoms with Gasteiger partial charge in [-0.15, -0.1) is 5.10 Å².